The molecule has 146 valence electrons. The Morgan fingerprint density at radius 3 is 2.19 bits per heavy atom. The summed E-state index contributed by atoms with van der Waals surface area (Å²) < 4.78 is 45.2. The van der Waals surface area contributed by atoms with Crippen LogP contribution in [0.3, 0.4) is 0 Å². The molecule has 2 aromatic rings. The number of hydrogen-bond donors (Lipinski definition) is 0. The first-order valence-electron chi connectivity index (χ1n) is 9.18. The van der Waals surface area contributed by atoms with Crippen molar-refractivity contribution in [2.45, 2.75) is 13.3 Å². The van der Waals surface area contributed by atoms with Crippen molar-refractivity contribution in [1.82, 2.24) is 4.31 Å². The highest BCUT2D eigenvalue weighted by Gasteiger charge is 2.27. The fraction of sp³-hybridized carbons (Fsp3) is 0.400. The molecule has 0 unspecified atom stereocenters. The van der Waals surface area contributed by atoms with Crippen molar-refractivity contribution in [1.29, 1.82) is 0 Å². The summed E-state index contributed by atoms with van der Waals surface area (Å²) in [5.41, 5.74) is 2.13. The Kier molecular flexibility index (Phi) is 6.34. The summed E-state index contributed by atoms with van der Waals surface area (Å²) in [6.45, 7) is 4.23. The van der Waals surface area contributed by atoms with E-state index in [9.17, 15) is 12.8 Å². The first kappa shape index (κ1) is 19.6. The van der Waals surface area contributed by atoms with E-state index in [0.717, 1.165) is 12.1 Å². The number of piperazine rings is 1. The number of sulfonamides is 1. The van der Waals surface area contributed by atoms with E-state index < -0.39 is 10.0 Å². The van der Waals surface area contributed by atoms with Crippen molar-refractivity contribution in [2.75, 3.05) is 43.4 Å². The van der Waals surface area contributed by atoms with Gasteiger partial charge < -0.3 is 9.64 Å². The third kappa shape index (κ3) is 5.20. The summed E-state index contributed by atoms with van der Waals surface area (Å²) in [5, 5.41) is 0. The smallest absolute Gasteiger partial charge is 0.217 e. The first-order valence-corrected chi connectivity index (χ1v) is 10.8. The van der Waals surface area contributed by atoms with E-state index >= 15 is 0 Å². The van der Waals surface area contributed by atoms with Gasteiger partial charge in [0, 0.05) is 31.9 Å². The van der Waals surface area contributed by atoms with Crippen molar-refractivity contribution < 1.29 is 17.5 Å². The predicted octanol–water partition coefficient (Wildman–Crippen LogP) is 2.92. The first-order chi connectivity index (χ1) is 13.0. The van der Waals surface area contributed by atoms with Crippen molar-refractivity contribution in [3.05, 3.63) is 59.9 Å². The highest BCUT2D eigenvalue weighted by molar-refractivity contribution is 7.89. The van der Waals surface area contributed by atoms with Gasteiger partial charge in [-0.1, -0.05) is 19.1 Å². The summed E-state index contributed by atoms with van der Waals surface area (Å²) in [4.78, 5) is 2.07. The normalized spacial score (nSPS) is 15.7. The van der Waals surface area contributed by atoms with Gasteiger partial charge in [-0.05, 0) is 48.4 Å². The van der Waals surface area contributed by atoms with Crippen molar-refractivity contribution in [3.8, 4) is 5.75 Å². The van der Waals surface area contributed by atoms with Crippen LogP contribution in [0.4, 0.5) is 10.1 Å². The number of benzene rings is 2. The third-order valence-corrected chi connectivity index (χ3v) is 6.60. The van der Waals surface area contributed by atoms with E-state index in [1.807, 2.05) is 24.3 Å². The van der Waals surface area contributed by atoms with Gasteiger partial charge in [-0.2, -0.15) is 4.31 Å². The van der Waals surface area contributed by atoms with Gasteiger partial charge in [-0.15, -0.1) is 0 Å². The number of rotatable bonds is 7. The molecule has 1 aliphatic rings. The SMILES string of the molecule is CCc1ccc(OCCS(=O)(=O)N2CCN(c3ccc(F)cc3)CC2)cc1. The third-order valence-electron chi connectivity index (χ3n) is 4.77. The molecule has 0 radical (unpaired) electrons. The monoisotopic (exact) mass is 392 g/mol. The molecule has 0 aromatic heterocycles. The van der Waals surface area contributed by atoms with Crippen molar-refractivity contribution in [2.24, 2.45) is 0 Å². The molecule has 0 amide bonds. The Bertz CT molecular complexity index is 831. The molecule has 27 heavy (non-hydrogen) atoms. The summed E-state index contributed by atoms with van der Waals surface area (Å²) in [5.74, 6) is 0.367. The lowest BCUT2D eigenvalue weighted by Crippen LogP contribution is -2.49. The average Bonchev–Trinajstić information content (AvgIpc) is 2.69. The van der Waals surface area contributed by atoms with Gasteiger partial charge in [0.05, 0.1) is 5.75 Å². The molecule has 7 heteroatoms. The quantitative estimate of drug-likeness (QED) is 0.727. The second kappa shape index (κ2) is 8.71. The zero-order valence-corrected chi connectivity index (χ0v) is 16.3. The van der Waals surface area contributed by atoms with E-state index in [4.69, 9.17) is 4.74 Å². The average molecular weight is 392 g/mol. The molecule has 0 spiro atoms. The maximum Gasteiger partial charge on any atom is 0.217 e. The highest BCUT2D eigenvalue weighted by atomic mass is 32.2. The maximum absolute atomic E-state index is 13.0. The Labute approximate surface area is 160 Å². The number of hydrogen-bond acceptors (Lipinski definition) is 4. The molecular weight excluding hydrogens is 367 g/mol. The Hall–Kier alpha value is -2.12. The number of anilines is 1. The van der Waals surface area contributed by atoms with E-state index in [2.05, 4.69) is 11.8 Å². The van der Waals surface area contributed by atoms with Crippen molar-refractivity contribution in [3.63, 3.8) is 0 Å². The van der Waals surface area contributed by atoms with Gasteiger partial charge >= 0.3 is 0 Å². The van der Waals surface area contributed by atoms with E-state index in [0.29, 0.717) is 31.9 Å². The Balaban J connectivity index is 1.48. The molecule has 1 fully saturated rings. The van der Waals surface area contributed by atoms with Crippen LogP contribution in [0, 0.1) is 5.82 Å². The van der Waals surface area contributed by atoms with Crippen LogP contribution in [0.5, 0.6) is 5.75 Å². The Morgan fingerprint density at radius 2 is 1.59 bits per heavy atom. The van der Waals surface area contributed by atoms with E-state index in [1.165, 1.54) is 22.0 Å². The lowest BCUT2D eigenvalue weighted by atomic mass is 10.2. The maximum atomic E-state index is 13.0. The van der Waals surface area contributed by atoms with E-state index in [1.54, 1.807) is 12.1 Å². The highest BCUT2D eigenvalue weighted by Crippen LogP contribution is 2.18. The van der Waals surface area contributed by atoms with Gasteiger partial charge in [0.25, 0.3) is 0 Å². The fourth-order valence-corrected chi connectivity index (χ4v) is 4.36. The Morgan fingerprint density at radius 1 is 0.963 bits per heavy atom. The summed E-state index contributed by atoms with van der Waals surface area (Å²) in [7, 11) is -3.36. The molecular formula is C20H25FN2O3S. The standard InChI is InChI=1S/C20H25FN2O3S/c1-2-17-3-9-20(10-4-17)26-15-16-27(24,25)23-13-11-22(12-14-23)19-7-5-18(21)6-8-19/h3-10H,2,11-16H2,1H3. The van der Waals surface area contributed by atoms with Crippen LogP contribution in [0.25, 0.3) is 0 Å². The fourth-order valence-electron chi connectivity index (χ4n) is 3.09. The lowest BCUT2D eigenvalue weighted by molar-refractivity contribution is 0.331. The van der Waals surface area contributed by atoms with Crippen LogP contribution in [0.1, 0.15) is 12.5 Å². The molecule has 5 nitrogen and oxygen atoms in total. The molecule has 0 atom stereocenters. The van der Waals surface area contributed by atoms with Crippen LogP contribution >= 0.6 is 0 Å². The van der Waals surface area contributed by atoms with Gasteiger partial charge in [0.1, 0.15) is 18.2 Å². The van der Waals surface area contributed by atoms with Gasteiger partial charge in [-0.3, -0.25) is 0 Å². The molecule has 0 saturated carbocycles. The molecule has 3 rings (SSSR count). The van der Waals surface area contributed by atoms with E-state index in [-0.39, 0.29) is 18.2 Å². The summed E-state index contributed by atoms with van der Waals surface area (Å²) in [6, 6.07) is 14.0. The van der Waals surface area contributed by atoms with Crippen LogP contribution in [0.15, 0.2) is 48.5 Å². The molecule has 1 heterocycles. The number of nitrogens with zero attached hydrogens (tertiary/aromatic N) is 2. The molecule has 0 N–H and O–H groups in total. The molecule has 1 aliphatic heterocycles. The van der Waals surface area contributed by atoms with Gasteiger partial charge in [0.2, 0.25) is 10.0 Å². The lowest BCUT2D eigenvalue weighted by Gasteiger charge is -2.35. The molecule has 0 bridgehead atoms. The zero-order chi connectivity index (χ0) is 19.3. The number of halogens is 1. The number of aryl methyl sites for hydroxylation is 1. The zero-order valence-electron chi connectivity index (χ0n) is 15.5. The topological polar surface area (TPSA) is 49.9 Å². The second-order valence-corrected chi connectivity index (χ2v) is 8.61. The van der Waals surface area contributed by atoms with Crippen LogP contribution < -0.4 is 9.64 Å². The van der Waals surface area contributed by atoms with Crippen LogP contribution in [-0.2, 0) is 16.4 Å². The minimum absolute atomic E-state index is 0.0426. The van der Waals surface area contributed by atoms with Gasteiger partial charge in [0.15, 0.2) is 0 Å². The van der Waals surface area contributed by atoms with Crippen molar-refractivity contribution >= 4 is 15.7 Å². The molecule has 2 aromatic carbocycles. The minimum atomic E-state index is -3.36. The molecule has 1 saturated heterocycles. The summed E-state index contributed by atoms with van der Waals surface area (Å²) >= 11 is 0. The minimum Gasteiger partial charge on any atom is -0.492 e. The number of ether oxygens (including phenoxy) is 1. The second-order valence-electron chi connectivity index (χ2n) is 6.52. The molecule has 0 aliphatic carbocycles. The largest absolute Gasteiger partial charge is 0.492 e. The summed E-state index contributed by atoms with van der Waals surface area (Å²) in [6.07, 6.45) is 0.957. The van der Waals surface area contributed by atoms with Crippen LogP contribution in [-0.4, -0.2) is 51.3 Å². The predicted molar refractivity (Wildman–Crippen MR) is 105 cm³/mol. The van der Waals surface area contributed by atoms with Crippen LogP contribution in [0.2, 0.25) is 0 Å². The van der Waals surface area contributed by atoms with Gasteiger partial charge in [-0.25, -0.2) is 12.8 Å².